The van der Waals surface area contributed by atoms with E-state index in [9.17, 15) is 4.79 Å². The van der Waals surface area contributed by atoms with Gasteiger partial charge in [-0.15, -0.1) is 0 Å². The van der Waals surface area contributed by atoms with Crippen molar-refractivity contribution in [1.29, 1.82) is 0 Å². The van der Waals surface area contributed by atoms with Crippen LogP contribution in [-0.4, -0.2) is 17.4 Å². The summed E-state index contributed by atoms with van der Waals surface area (Å²) in [7, 11) is 0. The van der Waals surface area contributed by atoms with Crippen LogP contribution >= 0.6 is 0 Å². The quantitative estimate of drug-likeness (QED) is 0.784. The lowest BCUT2D eigenvalue weighted by molar-refractivity contribution is -0.135. The minimum Gasteiger partial charge on any atom is -0.334 e. The van der Waals surface area contributed by atoms with Gasteiger partial charge in [0.1, 0.15) is 0 Å². The predicted molar refractivity (Wildman–Crippen MR) is 58.9 cm³/mol. The van der Waals surface area contributed by atoms with Crippen LogP contribution < -0.4 is 5.73 Å². The first-order valence-corrected chi connectivity index (χ1v) is 5.28. The lowest BCUT2D eigenvalue weighted by atomic mass is 10.1. The molecule has 3 nitrogen and oxygen atoms in total. The smallest absolute Gasteiger partial charge is 0.227 e. The zero-order chi connectivity index (χ0) is 10.8. The maximum absolute atomic E-state index is 11.9. The molecule has 2 N–H and O–H groups in total. The largest absolute Gasteiger partial charge is 0.334 e. The summed E-state index contributed by atoms with van der Waals surface area (Å²) in [6, 6.07) is 8.18. The molecule has 2 rings (SSSR count). The number of rotatable bonds is 2. The van der Waals surface area contributed by atoms with Gasteiger partial charge < -0.3 is 10.6 Å². The molecule has 0 radical (unpaired) electrons. The van der Waals surface area contributed by atoms with E-state index in [1.807, 2.05) is 24.0 Å². The van der Waals surface area contributed by atoms with E-state index in [2.05, 4.69) is 12.1 Å². The van der Waals surface area contributed by atoms with Crippen LogP contribution in [0.5, 0.6) is 0 Å². The lowest BCUT2D eigenvalue weighted by Crippen LogP contribution is -2.34. The second-order valence-electron chi connectivity index (χ2n) is 4.10. The fourth-order valence-electron chi connectivity index (χ4n) is 1.90. The van der Waals surface area contributed by atoms with Crippen molar-refractivity contribution in [2.75, 3.05) is 6.54 Å². The number of nitrogens with zero attached hydrogens (tertiary/aromatic N) is 1. The Bertz CT molecular complexity index is 351. The van der Waals surface area contributed by atoms with E-state index in [1.165, 1.54) is 11.1 Å². The first-order valence-electron chi connectivity index (χ1n) is 5.28. The Morgan fingerprint density at radius 1 is 1.40 bits per heavy atom. The Hall–Kier alpha value is -1.35. The van der Waals surface area contributed by atoms with Crippen LogP contribution in [0.15, 0.2) is 24.3 Å². The number of nitrogens with two attached hydrogens (primary N) is 1. The highest BCUT2D eigenvalue weighted by Gasteiger charge is 2.25. The Labute approximate surface area is 89.9 Å². The summed E-state index contributed by atoms with van der Waals surface area (Å²) < 4.78 is 0. The number of fused-ring (bicyclic) bond motifs is 1. The molecule has 1 unspecified atom stereocenters. The summed E-state index contributed by atoms with van der Waals surface area (Å²) in [5.41, 5.74) is 8.02. The van der Waals surface area contributed by atoms with Gasteiger partial charge in [0.05, 0.1) is 0 Å². The molecule has 1 amide bonds. The molecule has 0 bridgehead atoms. The second kappa shape index (κ2) is 4.03. The Balaban J connectivity index is 2.10. The van der Waals surface area contributed by atoms with Crippen LogP contribution in [0.3, 0.4) is 0 Å². The minimum atomic E-state index is -0.0701. The predicted octanol–water partition coefficient (Wildman–Crippen LogP) is 1.12. The molecule has 0 fully saturated rings. The summed E-state index contributed by atoms with van der Waals surface area (Å²) in [5, 5.41) is 0. The van der Waals surface area contributed by atoms with Gasteiger partial charge in [-0.25, -0.2) is 0 Å². The fraction of sp³-hybridized carbons (Fsp3) is 0.417. The fourth-order valence-corrected chi connectivity index (χ4v) is 1.90. The van der Waals surface area contributed by atoms with Crippen LogP contribution in [0, 0.1) is 5.92 Å². The third-order valence-electron chi connectivity index (χ3n) is 2.93. The number of amides is 1. The van der Waals surface area contributed by atoms with Gasteiger partial charge in [0.2, 0.25) is 5.91 Å². The van der Waals surface area contributed by atoms with E-state index in [-0.39, 0.29) is 11.8 Å². The first-order chi connectivity index (χ1) is 7.22. The van der Waals surface area contributed by atoms with E-state index in [0.717, 1.165) is 13.1 Å². The maximum Gasteiger partial charge on any atom is 0.227 e. The normalized spacial score (nSPS) is 16.3. The van der Waals surface area contributed by atoms with Gasteiger partial charge >= 0.3 is 0 Å². The van der Waals surface area contributed by atoms with Gasteiger partial charge in [0.15, 0.2) is 0 Å². The summed E-state index contributed by atoms with van der Waals surface area (Å²) in [6.07, 6.45) is 0. The molecule has 0 saturated heterocycles. The van der Waals surface area contributed by atoms with E-state index in [4.69, 9.17) is 5.73 Å². The number of benzene rings is 1. The van der Waals surface area contributed by atoms with Gasteiger partial charge in [-0.05, 0) is 11.1 Å². The van der Waals surface area contributed by atoms with Crippen molar-refractivity contribution >= 4 is 5.91 Å². The average molecular weight is 204 g/mol. The summed E-state index contributed by atoms with van der Waals surface area (Å²) in [4.78, 5) is 13.8. The Morgan fingerprint density at radius 3 is 2.40 bits per heavy atom. The van der Waals surface area contributed by atoms with Crippen molar-refractivity contribution in [3.8, 4) is 0 Å². The van der Waals surface area contributed by atoms with Crippen molar-refractivity contribution < 1.29 is 4.79 Å². The molecule has 1 aliphatic rings. The van der Waals surface area contributed by atoms with E-state index < -0.39 is 0 Å². The van der Waals surface area contributed by atoms with Gasteiger partial charge in [0.25, 0.3) is 0 Å². The number of hydrogen-bond donors (Lipinski definition) is 1. The highest BCUT2D eigenvalue weighted by atomic mass is 16.2. The summed E-state index contributed by atoms with van der Waals surface area (Å²) in [5.74, 6) is 0.0908. The van der Waals surface area contributed by atoms with Gasteiger partial charge in [0, 0.05) is 25.6 Å². The van der Waals surface area contributed by atoms with Gasteiger partial charge in [-0.1, -0.05) is 31.2 Å². The molecule has 1 heterocycles. The van der Waals surface area contributed by atoms with Crippen LogP contribution in [-0.2, 0) is 17.9 Å². The maximum atomic E-state index is 11.9. The molecule has 0 aliphatic carbocycles. The van der Waals surface area contributed by atoms with Gasteiger partial charge in [-0.2, -0.15) is 0 Å². The molecule has 3 heteroatoms. The molecule has 1 atom stereocenters. The van der Waals surface area contributed by atoms with Crippen molar-refractivity contribution in [2.24, 2.45) is 11.7 Å². The first kappa shape index (κ1) is 10.2. The zero-order valence-electron chi connectivity index (χ0n) is 8.94. The van der Waals surface area contributed by atoms with Crippen LogP contribution in [0.4, 0.5) is 0 Å². The van der Waals surface area contributed by atoms with E-state index in [0.29, 0.717) is 6.54 Å². The van der Waals surface area contributed by atoms with Crippen LogP contribution in [0.2, 0.25) is 0 Å². The molecule has 80 valence electrons. The molecule has 1 aliphatic heterocycles. The highest BCUT2D eigenvalue weighted by molar-refractivity contribution is 5.79. The Kier molecular flexibility index (Phi) is 2.73. The average Bonchev–Trinajstić information content (AvgIpc) is 2.70. The SMILES string of the molecule is CC(CN)C(=O)N1Cc2ccccc2C1. The molecule has 1 aromatic carbocycles. The topological polar surface area (TPSA) is 46.3 Å². The third-order valence-corrected chi connectivity index (χ3v) is 2.93. The molecule has 0 aromatic heterocycles. The summed E-state index contributed by atoms with van der Waals surface area (Å²) >= 11 is 0. The van der Waals surface area contributed by atoms with Crippen molar-refractivity contribution in [1.82, 2.24) is 4.90 Å². The van der Waals surface area contributed by atoms with Crippen LogP contribution in [0.25, 0.3) is 0 Å². The van der Waals surface area contributed by atoms with E-state index in [1.54, 1.807) is 0 Å². The monoisotopic (exact) mass is 204 g/mol. The molecule has 1 aromatic rings. The molecule has 15 heavy (non-hydrogen) atoms. The molecule has 0 spiro atoms. The Morgan fingerprint density at radius 2 is 1.93 bits per heavy atom. The molecular weight excluding hydrogens is 188 g/mol. The van der Waals surface area contributed by atoms with E-state index >= 15 is 0 Å². The lowest BCUT2D eigenvalue weighted by Gasteiger charge is -2.19. The molecular formula is C12H16N2O. The number of carbonyl (C=O) groups is 1. The van der Waals surface area contributed by atoms with Crippen LogP contribution in [0.1, 0.15) is 18.1 Å². The minimum absolute atomic E-state index is 0.0701. The number of carbonyl (C=O) groups excluding carboxylic acids is 1. The highest BCUT2D eigenvalue weighted by Crippen LogP contribution is 2.23. The molecule has 0 saturated carbocycles. The van der Waals surface area contributed by atoms with Gasteiger partial charge in [-0.3, -0.25) is 4.79 Å². The van der Waals surface area contributed by atoms with Crippen molar-refractivity contribution in [3.63, 3.8) is 0 Å². The zero-order valence-corrected chi connectivity index (χ0v) is 8.94. The second-order valence-corrected chi connectivity index (χ2v) is 4.10. The van der Waals surface area contributed by atoms with Crippen molar-refractivity contribution in [3.05, 3.63) is 35.4 Å². The van der Waals surface area contributed by atoms with Crippen molar-refractivity contribution in [2.45, 2.75) is 20.0 Å². The number of hydrogen-bond acceptors (Lipinski definition) is 2. The standard InChI is InChI=1S/C12H16N2O/c1-9(6-13)12(15)14-7-10-4-2-3-5-11(10)8-14/h2-5,9H,6-8,13H2,1H3. The summed E-state index contributed by atoms with van der Waals surface area (Å²) in [6.45, 7) is 3.77. The third kappa shape index (κ3) is 1.88.